The summed E-state index contributed by atoms with van der Waals surface area (Å²) in [4.78, 5) is 0. The number of hydrogen-bond acceptors (Lipinski definition) is 2. The molecule has 14 heavy (non-hydrogen) atoms. The van der Waals surface area contributed by atoms with Gasteiger partial charge in [0.2, 0.25) is 0 Å². The predicted octanol–water partition coefficient (Wildman–Crippen LogP) is 3.69. The molecular formula is C12H27NS. The van der Waals surface area contributed by atoms with Crippen LogP contribution in [0, 0.1) is 0 Å². The molecule has 0 fully saturated rings. The molecule has 0 aliphatic heterocycles. The minimum absolute atomic E-state index is 0.705. The number of nitrogens with one attached hydrogen (secondary N) is 1. The summed E-state index contributed by atoms with van der Waals surface area (Å²) >= 11 is 2.09. The molecule has 0 saturated carbocycles. The maximum atomic E-state index is 3.55. The highest BCUT2D eigenvalue weighted by Crippen LogP contribution is 2.05. The molecule has 0 aromatic rings. The van der Waals surface area contributed by atoms with Gasteiger partial charge in [-0.3, -0.25) is 0 Å². The topological polar surface area (TPSA) is 12.0 Å². The first kappa shape index (κ1) is 14.3. The molecule has 86 valence electrons. The third-order valence-corrected chi connectivity index (χ3v) is 3.42. The molecule has 1 nitrogen and oxygen atoms in total. The molecule has 0 bridgehead atoms. The van der Waals surface area contributed by atoms with Gasteiger partial charge in [-0.1, -0.05) is 33.1 Å². The van der Waals surface area contributed by atoms with Gasteiger partial charge in [0, 0.05) is 18.3 Å². The zero-order valence-electron chi connectivity index (χ0n) is 10.1. The van der Waals surface area contributed by atoms with E-state index >= 15 is 0 Å². The van der Waals surface area contributed by atoms with Crippen LogP contribution in [0.25, 0.3) is 0 Å². The minimum atomic E-state index is 0.705. The summed E-state index contributed by atoms with van der Waals surface area (Å²) in [6, 6.07) is 0.705. The third kappa shape index (κ3) is 10.4. The summed E-state index contributed by atoms with van der Waals surface area (Å²) in [7, 11) is 0. The van der Waals surface area contributed by atoms with Gasteiger partial charge in [0.1, 0.15) is 0 Å². The lowest BCUT2D eigenvalue weighted by Crippen LogP contribution is -2.27. The molecule has 0 heterocycles. The summed E-state index contributed by atoms with van der Waals surface area (Å²) in [5, 5.41) is 3.55. The van der Waals surface area contributed by atoms with Gasteiger partial charge in [0.15, 0.2) is 0 Å². The Kier molecular flexibility index (Phi) is 11.6. The second kappa shape index (κ2) is 11.4. The lowest BCUT2D eigenvalue weighted by atomic mass is 10.2. The van der Waals surface area contributed by atoms with Crippen LogP contribution in [0.2, 0.25) is 0 Å². The molecular weight excluding hydrogens is 190 g/mol. The first-order valence-electron chi connectivity index (χ1n) is 6.12. The average Bonchev–Trinajstić information content (AvgIpc) is 2.17. The standard InChI is InChI=1S/C12H27NS/c1-4-6-7-10-14-11-9-13-12(3)8-5-2/h12-13H,4-11H2,1-3H3. The highest BCUT2D eigenvalue weighted by Gasteiger charge is 1.97. The maximum Gasteiger partial charge on any atom is 0.00581 e. The molecule has 0 aliphatic carbocycles. The summed E-state index contributed by atoms with van der Waals surface area (Å²) < 4.78 is 0. The molecule has 0 rings (SSSR count). The molecule has 0 amide bonds. The Bertz CT molecular complexity index is 106. The molecule has 1 atom stereocenters. The second-order valence-electron chi connectivity index (χ2n) is 3.96. The van der Waals surface area contributed by atoms with Crippen LogP contribution in [-0.4, -0.2) is 24.1 Å². The fourth-order valence-corrected chi connectivity index (χ4v) is 2.34. The number of hydrogen-bond donors (Lipinski definition) is 1. The quantitative estimate of drug-likeness (QED) is 0.560. The smallest absolute Gasteiger partial charge is 0.00581 e. The molecule has 0 saturated heterocycles. The van der Waals surface area contributed by atoms with Crippen molar-refractivity contribution in [2.24, 2.45) is 0 Å². The Balaban J connectivity index is 2.98. The fraction of sp³-hybridized carbons (Fsp3) is 1.00. The van der Waals surface area contributed by atoms with E-state index in [9.17, 15) is 0 Å². The highest BCUT2D eigenvalue weighted by molar-refractivity contribution is 7.99. The second-order valence-corrected chi connectivity index (χ2v) is 5.19. The van der Waals surface area contributed by atoms with E-state index < -0.39 is 0 Å². The predicted molar refractivity (Wildman–Crippen MR) is 69.2 cm³/mol. The van der Waals surface area contributed by atoms with Gasteiger partial charge in [-0.25, -0.2) is 0 Å². The van der Waals surface area contributed by atoms with Crippen molar-refractivity contribution in [3.63, 3.8) is 0 Å². The van der Waals surface area contributed by atoms with Gasteiger partial charge in [0.25, 0.3) is 0 Å². The van der Waals surface area contributed by atoms with Crippen LogP contribution in [0.4, 0.5) is 0 Å². The van der Waals surface area contributed by atoms with Crippen LogP contribution >= 0.6 is 11.8 Å². The van der Waals surface area contributed by atoms with Crippen molar-refractivity contribution in [3.8, 4) is 0 Å². The van der Waals surface area contributed by atoms with Crippen LogP contribution in [0.1, 0.15) is 52.9 Å². The minimum Gasteiger partial charge on any atom is -0.313 e. The number of unbranched alkanes of at least 4 members (excludes halogenated alkanes) is 2. The van der Waals surface area contributed by atoms with Crippen molar-refractivity contribution < 1.29 is 0 Å². The zero-order chi connectivity index (χ0) is 10.6. The molecule has 0 aliphatic rings. The van der Waals surface area contributed by atoms with Crippen molar-refractivity contribution in [1.82, 2.24) is 5.32 Å². The van der Waals surface area contributed by atoms with Crippen LogP contribution in [0.15, 0.2) is 0 Å². The Morgan fingerprint density at radius 1 is 1.07 bits per heavy atom. The van der Waals surface area contributed by atoms with E-state index in [1.165, 1.54) is 50.2 Å². The van der Waals surface area contributed by atoms with Crippen molar-refractivity contribution in [3.05, 3.63) is 0 Å². The number of thioether (sulfide) groups is 1. The molecule has 0 spiro atoms. The van der Waals surface area contributed by atoms with E-state index in [1.807, 2.05) is 0 Å². The largest absolute Gasteiger partial charge is 0.313 e. The number of rotatable bonds is 10. The van der Waals surface area contributed by atoms with Gasteiger partial charge < -0.3 is 5.32 Å². The van der Waals surface area contributed by atoms with E-state index in [4.69, 9.17) is 0 Å². The van der Waals surface area contributed by atoms with Crippen LogP contribution < -0.4 is 5.32 Å². The van der Waals surface area contributed by atoms with Gasteiger partial charge in [0.05, 0.1) is 0 Å². The van der Waals surface area contributed by atoms with Crippen LogP contribution in [0.3, 0.4) is 0 Å². The average molecular weight is 217 g/mol. The Morgan fingerprint density at radius 2 is 1.86 bits per heavy atom. The molecule has 0 radical (unpaired) electrons. The highest BCUT2D eigenvalue weighted by atomic mass is 32.2. The Labute approximate surface area is 94.4 Å². The van der Waals surface area contributed by atoms with Gasteiger partial charge in [-0.2, -0.15) is 11.8 Å². The lowest BCUT2D eigenvalue weighted by Gasteiger charge is -2.11. The molecule has 2 heteroatoms. The third-order valence-electron chi connectivity index (χ3n) is 2.35. The first-order valence-corrected chi connectivity index (χ1v) is 7.27. The maximum absolute atomic E-state index is 3.55. The monoisotopic (exact) mass is 217 g/mol. The van der Waals surface area contributed by atoms with Crippen molar-refractivity contribution >= 4 is 11.8 Å². The SMILES string of the molecule is CCCCCSCCNC(C)CCC. The fourth-order valence-electron chi connectivity index (χ4n) is 1.47. The Hall–Kier alpha value is 0.310. The van der Waals surface area contributed by atoms with E-state index in [0.717, 1.165) is 0 Å². The Morgan fingerprint density at radius 3 is 2.50 bits per heavy atom. The van der Waals surface area contributed by atoms with Gasteiger partial charge >= 0.3 is 0 Å². The summed E-state index contributed by atoms with van der Waals surface area (Å²) in [6.45, 7) is 7.97. The van der Waals surface area contributed by atoms with Crippen LogP contribution in [0.5, 0.6) is 0 Å². The molecule has 0 aromatic carbocycles. The summed E-state index contributed by atoms with van der Waals surface area (Å²) in [5.41, 5.74) is 0. The summed E-state index contributed by atoms with van der Waals surface area (Å²) in [5.74, 6) is 2.62. The molecule has 1 N–H and O–H groups in total. The zero-order valence-corrected chi connectivity index (χ0v) is 11.0. The van der Waals surface area contributed by atoms with E-state index in [0.29, 0.717) is 6.04 Å². The van der Waals surface area contributed by atoms with Crippen molar-refractivity contribution in [2.75, 3.05) is 18.1 Å². The van der Waals surface area contributed by atoms with Gasteiger partial charge in [-0.15, -0.1) is 0 Å². The lowest BCUT2D eigenvalue weighted by molar-refractivity contribution is 0.526. The molecule has 0 aromatic heterocycles. The van der Waals surface area contributed by atoms with E-state index in [1.54, 1.807) is 0 Å². The van der Waals surface area contributed by atoms with Crippen molar-refractivity contribution in [1.29, 1.82) is 0 Å². The van der Waals surface area contributed by atoms with E-state index in [2.05, 4.69) is 37.8 Å². The van der Waals surface area contributed by atoms with Crippen LogP contribution in [-0.2, 0) is 0 Å². The van der Waals surface area contributed by atoms with Gasteiger partial charge in [-0.05, 0) is 25.5 Å². The van der Waals surface area contributed by atoms with Crippen molar-refractivity contribution in [2.45, 2.75) is 58.9 Å². The normalized spacial score (nSPS) is 13.1. The van der Waals surface area contributed by atoms with E-state index in [-0.39, 0.29) is 0 Å². The summed E-state index contributed by atoms with van der Waals surface area (Å²) in [6.07, 6.45) is 6.73. The first-order chi connectivity index (χ1) is 6.81. The molecule has 1 unspecified atom stereocenters.